The van der Waals surface area contributed by atoms with Crippen LogP contribution in [-0.4, -0.2) is 10.1 Å². The van der Waals surface area contributed by atoms with Gasteiger partial charge in [0.2, 0.25) is 5.82 Å². The molecule has 0 unspecified atom stereocenters. The molecule has 3 aromatic rings. The minimum Gasteiger partial charge on any atom is -0.334 e. The highest BCUT2D eigenvalue weighted by Gasteiger charge is 2.16. The molecule has 0 aliphatic heterocycles. The Hall–Kier alpha value is -3.00. The van der Waals surface area contributed by atoms with Gasteiger partial charge in [0.15, 0.2) is 0 Å². The van der Waals surface area contributed by atoms with E-state index < -0.39 is 5.82 Å². The van der Waals surface area contributed by atoms with Crippen LogP contribution in [0.25, 0.3) is 22.8 Å². The van der Waals surface area contributed by atoms with Gasteiger partial charge in [0.1, 0.15) is 17.4 Å². The highest BCUT2D eigenvalue weighted by Crippen LogP contribution is 2.26. The Kier molecular flexibility index (Phi) is 2.98. The van der Waals surface area contributed by atoms with Gasteiger partial charge in [-0.2, -0.15) is 10.2 Å². The Labute approximate surface area is 114 Å². The van der Waals surface area contributed by atoms with Crippen LogP contribution in [0.5, 0.6) is 0 Å². The van der Waals surface area contributed by atoms with E-state index in [1.165, 1.54) is 12.1 Å². The monoisotopic (exact) mass is 265 g/mol. The lowest BCUT2D eigenvalue weighted by molar-refractivity contribution is 0.432. The minimum atomic E-state index is -0.607. The van der Waals surface area contributed by atoms with Gasteiger partial charge in [-0.25, -0.2) is 4.39 Å². The summed E-state index contributed by atoms with van der Waals surface area (Å²) < 4.78 is 18.7. The summed E-state index contributed by atoms with van der Waals surface area (Å²) in [6, 6.07) is 15.4. The summed E-state index contributed by atoms with van der Waals surface area (Å²) in [5, 5.41) is 12.9. The summed E-state index contributed by atoms with van der Waals surface area (Å²) in [4.78, 5) is 4.20. The summed E-state index contributed by atoms with van der Waals surface area (Å²) in [7, 11) is 0. The van der Waals surface area contributed by atoms with Crippen molar-refractivity contribution in [1.29, 1.82) is 5.26 Å². The first kappa shape index (κ1) is 12.1. The van der Waals surface area contributed by atoms with Crippen molar-refractivity contribution in [2.24, 2.45) is 0 Å². The summed E-state index contributed by atoms with van der Waals surface area (Å²) in [5.41, 5.74) is 0.982. The molecule has 0 N–H and O–H groups in total. The molecule has 0 aliphatic carbocycles. The Balaban J connectivity index is 2.08. The third kappa shape index (κ3) is 2.04. The summed E-state index contributed by atoms with van der Waals surface area (Å²) >= 11 is 0. The molecule has 4 nitrogen and oxygen atoms in total. The topological polar surface area (TPSA) is 62.7 Å². The first-order chi connectivity index (χ1) is 9.79. The molecule has 0 fully saturated rings. The molecule has 0 saturated heterocycles. The summed E-state index contributed by atoms with van der Waals surface area (Å²) in [6.07, 6.45) is 0. The number of benzene rings is 2. The molecule has 0 aliphatic rings. The molecule has 1 aromatic heterocycles. The van der Waals surface area contributed by atoms with Gasteiger partial charge in [-0.3, -0.25) is 0 Å². The van der Waals surface area contributed by atoms with Crippen molar-refractivity contribution in [2.75, 3.05) is 0 Å². The van der Waals surface area contributed by atoms with Gasteiger partial charge in [-0.1, -0.05) is 41.6 Å². The highest BCUT2D eigenvalue weighted by molar-refractivity contribution is 5.65. The van der Waals surface area contributed by atoms with Crippen molar-refractivity contribution in [3.05, 3.63) is 59.9 Å². The van der Waals surface area contributed by atoms with Gasteiger partial charge >= 0.3 is 0 Å². The molecule has 0 bridgehead atoms. The minimum absolute atomic E-state index is 0.101. The fraction of sp³-hybridized carbons (Fsp3) is 0. The van der Waals surface area contributed by atoms with Crippen LogP contribution in [0.3, 0.4) is 0 Å². The number of aromatic nitrogens is 2. The summed E-state index contributed by atoms with van der Waals surface area (Å²) in [5.74, 6) is -0.0851. The average molecular weight is 265 g/mol. The zero-order valence-electron chi connectivity index (χ0n) is 10.2. The lowest BCUT2D eigenvalue weighted by Crippen LogP contribution is -1.89. The molecule has 96 valence electrons. The smallest absolute Gasteiger partial charge is 0.259 e. The predicted molar refractivity (Wildman–Crippen MR) is 69.8 cm³/mol. The number of halogens is 1. The average Bonchev–Trinajstić information content (AvgIpc) is 2.97. The first-order valence-electron chi connectivity index (χ1n) is 5.87. The number of rotatable bonds is 2. The number of hydrogen-bond donors (Lipinski definition) is 0. The molecule has 0 atom stereocenters. The highest BCUT2D eigenvalue weighted by atomic mass is 19.1. The van der Waals surface area contributed by atoms with E-state index in [9.17, 15) is 4.39 Å². The zero-order valence-corrected chi connectivity index (χ0v) is 10.2. The molecule has 20 heavy (non-hydrogen) atoms. The van der Waals surface area contributed by atoms with E-state index in [1.807, 2.05) is 36.4 Å². The molecule has 0 amide bonds. The van der Waals surface area contributed by atoms with Gasteiger partial charge in [-0.15, -0.1) is 0 Å². The standard InChI is InChI=1S/C15H8FN3O/c16-13-8-4-7-11(12(13)9-17)15-18-14(19-20-15)10-5-2-1-3-6-10/h1-8H. The third-order valence-corrected chi connectivity index (χ3v) is 2.81. The van der Waals surface area contributed by atoms with Crippen molar-refractivity contribution >= 4 is 0 Å². The molecule has 2 aromatic carbocycles. The van der Waals surface area contributed by atoms with Crippen LogP contribution < -0.4 is 0 Å². The van der Waals surface area contributed by atoms with E-state index in [-0.39, 0.29) is 11.5 Å². The van der Waals surface area contributed by atoms with E-state index in [0.717, 1.165) is 5.56 Å². The third-order valence-electron chi connectivity index (χ3n) is 2.81. The van der Waals surface area contributed by atoms with Crippen molar-refractivity contribution < 1.29 is 8.91 Å². The number of nitriles is 1. The predicted octanol–water partition coefficient (Wildman–Crippen LogP) is 3.41. The fourth-order valence-corrected chi connectivity index (χ4v) is 1.85. The second-order valence-electron chi connectivity index (χ2n) is 4.06. The zero-order chi connectivity index (χ0) is 13.9. The Morgan fingerprint density at radius 3 is 2.60 bits per heavy atom. The first-order valence-corrected chi connectivity index (χ1v) is 5.87. The SMILES string of the molecule is N#Cc1c(F)cccc1-c1nc(-c2ccccc2)no1. The van der Waals surface area contributed by atoms with Crippen molar-refractivity contribution in [2.45, 2.75) is 0 Å². The van der Waals surface area contributed by atoms with E-state index in [2.05, 4.69) is 10.1 Å². The maximum atomic E-state index is 13.6. The molecule has 1 heterocycles. The van der Waals surface area contributed by atoms with E-state index in [1.54, 1.807) is 6.07 Å². The van der Waals surface area contributed by atoms with Crippen LogP contribution in [0, 0.1) is 17.1 Å². The van der Waals surface area contributed by atoms with Gasteiger partial charge in [0, 0.05) is 5.56 Å². The van der Waals surface area contributed by atoms with Crippen molar-refractivity contribution in [1.82, 2.24) is 10.1 Å². The maximum absolute atomic E-state index is 13.6. The lowest BCUT2D eigenvalue weighted by atomic mass is 10.1. The van der Waals surface area contributed by atoms with E-state index >= 15 is 0 Å². The molecular weight excluding hydrogens is 257 g/mol. The second kappa shape index (κ2) is 4.94. The van der Waals surface area contributed by atoms with Crippen molar-refractivity contribution in [3.63, 3.8) is 0 Å². The largest absolute Gasteiger partial charge is 0.334 e. The van der Waals surface area contributed by atoms with E-state index in [4.69, 9.17) is 9.78 Å². The molecule has 3 rings (SSSR count). The van der Waals surface area contributed by atoms with Crippen LogP contribution in [-0.2, 0) is 0 Å². The normalized spacial score (nSPS) is 10.2. The van der Waals surface area contributed by atoms with Crippen LogP contribution in [0.15, 0.2) is 53.1 Å². The molecule has 0 spiro atoms. The van der Waals surface area contributed by atoms with Gasteiger partial charge in [0.25, 0.3) is 5.89 Å². The molecular formula is C15H8FN3O. The van der Waals surface area contributed by atoms with Gasteiger partial charge < -0.3 is 4.52 Å². The molecule has 0 radical (unpaired) electrons. The lowest BCUT2D eigenvalue weighted by Gasteiger charge is -1.98. The van der Waals surface area contributed by atoms with Crippen LogP contribution in [0.2, 0.25) is 0 Å². The summed E-state index contributed by atoms with van der Waals surface area (Å²) in [6.45, 7) is 0. The number of hydrogen-bond acceptors (Lipinski definition) is 4. The maximum Gasteiger partial charge on any atom is 0.259 e. The van der Waals surface area contributed by atoms with Crippen LogP contribution in [0.4, 0.5) is 4.39 Å². The van der Waals surface area contributed by atoms with Crippen LogP contribution in [0.1, 0.15) is 5.56 Å². The van der Waals surface area contributed by atoms with Crippen molar-refractivity contribution in [3.8, 4) is 28.9 Å². The van der Waals surface area contributed by atoms with E-state index in [0.29, 0.717) is 11.4 Å². The fourth-order valence-electron chi connectivity index (χ4n) is 1.85. The Bertz CT molecular complexity index is 790. The van der Waals surface area contributed by atoms with Gasteiger partial charge in [0.05, 0.1) is 5.56 Å². The number of nitrogens with zero attached hydrogens (tertiary/aromatic N) is 3. The second-order valence-corrected chi connectivity index (χ2v) is 4.06. The Morgan fingerprint density at radius 2 is 1.85 bits per heavy atom. The molecule has 5 heteroatoms. The van der Waals surface area contributed by atoms with Gasteiger partial charge in [-0.05, 0) is 12.1 Å². The van der Waals surface area contributed by atoms with Crippen LogP contribution >= 0.6 is 0 Å². The Morgan fingerprint density at radius 1 is 1.05 bits per heavy atom. The molecule has 0 saturated carbocycles. The quantitative estimate of drug-likeness (QED) is 0.712.